The minimum atomic E-state index is -0.716. The lowest BCUT2D eigenvalue weighted by molar-refractivity contribution is -0.150. The van der Waals surface area contributed by atoms with Crippen LogP contribution in [0.2, 0.25) is 0 Å². The Balaban J connectivity index is 3.94. The summed E-state index contributed by atoms with van der Waals surface area (Å²) in [7, 11) is 0. The summed E-state index contributed by atoms with van der Waals surface area (Å²) in [5.74, 6) is -0.750. The van der Waals surface area contributed by atoms with Gasteiger partial charge in [0.2, 0.25) is 0 Å². The van der Waals surface area contributed by atoms with Crippen LogP contribution in [-0.2, 0) is 14.3 Å². The van der Waals surface area contributed by atoms with Crippen LogP contribution in [0.4, 0.5) is 0 Å². The zero-order valence-electron chi connectivity index (χ0n) is 23.1. The molecule has 0 aromatic carbocycles. The minimum absolute atomic E-state index is 0.0338. The number of aliphatic carboxylic acids is 1. The third kappa shape index (κ3) is 26.9. The second-order valence-electron chi connectivity index (χ2n) is 9.94. The third-order valence-corrected chi connectivity index (χ3v) is 6.41. The fourth-order valence-electron chi connectivity index (χ4n) is 4.22. The molecule has 204 valence electrons. The topological polar surface area (TPSA) is 63.6 Å². The van der Waals surface area contributed by atoms with Crippen molar-refractivity contribution < 1.29 is 19.4 Å². The second kappa shape index (κ2) is 27.0. The van der Waals surface area contributed by atoms with Crippen molar-refractivity contribution in [2.24, 2.45) is 0 Å². The van der Waals surface area contributed by atoms with E-state index in [1.54, 1.807) is 0 Å². The summed E-state index contributed by atoms with van der Waals surface area (Å²) >= 11 is 0. The first-order valence-electron chi connectivity index (χ1n) is 14.8. The van der Waals surface area contributed by atoms with E-state index >= 15 is 0 Å². The van der Waals surface area contributed by atoms with Crippen LogP contribution in [0.15, 0.2) is 24.3 Å². The fraction of sp³-hybridized carbons (Fsp3) is 0.806. The largest absolute Gasteiger partial charge is 0.481 e. The van der Waals surface area contributed by atoms with Crippen LogP contribution < -0.4 is 0 Å². The van der Waals surface area contributed by atoms with Crippen molar-refractivity contribution in [1.29, 1.82) is 0 Å². The molecule has 0 rings (SSSR count). The van der Waals surface area contributed by atoms with Crippen molar-refractivity contribution in [1.82, 2.24) is 0 Å². The van der Waals surface area contributed by atoms with E-state index in [-0.39, 0.29) is 18.5 Å². The Hall–Kier alpha value is -1.58. The van der Waals surface area contributed by atoms with Crippen LogP contribution in [-0.4, -0.2) is 23.1 Å². The van der Waals surface area contributed by atoms with Gasteiger partial charge in [-0.05, 0) is 64.2 Å². The number of carboxylic acid groups (broad SMARTS) is 1. The number of carbonyl (C=O) groups excluding carboxylic acids is 1. The summed E-state index contributed by atoms with van der Waals surface area (Å²) < 4.78 is 5.86. The lowest BCUT2D eigenvalue weighted by Crippen LogP contribution is -2.18. The highest BCUT2D eigenvalue weighted by Gasteiger charge is 2.14. The molecule has 0 radical (unpaired) electrons. The molecule has 0 aliphatic carbocycles. The van der Waals surface area contributed by atoms with E-state index in [0.29, 0.717) is 6.42 Å². The predicted molar refractivity (Wildman–Crippen MR) is 149 cm³/mol. The third-order valence-electron chi connectivity index (χ3n) is 6.41. The normalized spacial score (nSPS) is 12.5. The molecule has 0 saturated carbocycles. The number of ether oxygens (including phenoxy) is 1. The highest BCUT2D eigenvalue weighted by atomic mass is 16.5. The first-order valence-corrected chi connectivity index (χ1v) is 14.8. The van der Waals surface area contributed by atoms with E-state index in [1.807, 2.05) is 0 Å². The Morgan fingerprint density at radius 1 is 0.629 bits per heavy atom. The summed E-state index contributed by atoms with van der Waals surface area (Å²) in [6, 6.07) is 0. The Kier molecular flexibility index (Phi) is 25.8. The molecule has 0 aromatic heterocycles. The molecule has 1 N–H and O–H groups in total. The SMILES string of the molecule is CCC/C=C\C/C=C\CCCCCCCC(=O)OC(CCCCCCC)CCCCCCC(=O)O. The second-order valence-corrected chi connectivity index (χ2v) is 9.94. The maximum absolute atomic E-state index is 12.4. The van der Waals surface area contributed by atoms with Crippen LogP contribution in [0, 0.1) is 0 Å². The van der Waals surface area contributed by atoms with Crippen LogP contribution in [0.3, 0.4) is 0 Å². The molecule has 1 atom stereocenters. The molecule has 0 aliphatic heterocycles. The predicted octanol–water partition coefficient (Wildman–Crippen LogP) is 9.72. The Bertz CT molecular complexity index is 538. The van der Waals surface area contributed by atoms with E-state index < -0.39 is 5.97 Å². The summed E-state index contributed by atoms with van der Waals surface area (Å²) in [4.78, 5) is 23.0. The van der Waals surface area contributed by atoms with Gasteiger partial charge in [-0.15, -0.1) is 0 Å². The Labute approximate surface area is 217 Å². The molecule has 0 saturated heterocycles. The molecule has 0 amide bonds. The first-order chi connectivity index (χ1) is 17.1. The van der Waals surface area contributed by atoms with Crippen LogP contribution in [0.5, 0.6) is 0 Å². The lowest BCUT2D eigenvalue weighted by Gasteiger charge is -2.18. The molecule has 0 fully saturated rings. The van der Waals surface area contributed by atoms with Gasteiger partial charge in [-0.2, -0.15) is 0 Å². The summed E-state index contributed by atoms with van der Waals surface area (Å²) in [5.41, 5.74) is 0. The van der Waals surface area contributed by atoms with E-state index in [4.69, 9.17) is 9.84 Å². The van der Waals surface area contributed by atoms with Gasteiger partial charge in [0, 0.05) is 12.8 Å². The number of unbranched alkanes of at least 4 members (excludes halogenated alkanes) is 13. The van der Waals surface area contributed by atoms with Gasteiger partial charge in [0.15, 0.2) is 0 Å². The molecule has 0 aromatic rings. The number of carbonyl (C=O) groups is 2. The number of allylic oxidation sites excluding steroid dienone is 4. The smallest absolute Gasteiger partial charge is 0.306 e. The Morgan fingerprint density at radius 3 is 1.80 bits per heavy atom. The molecule has 4 nitrogen and oxygen atoms in total. The molecule has 35 heavy (non-hydrogen) atoms. The molecule has 0 aliphatic rings. The summed E-state index contributed by atoms with van der Waals surface area (Å²) in [5, 5.41) is 8.75. The zero-order valence-corrected chi connectivity index (χ0v) is 23.1. The van der Waals surface area contributed by atoms with Crippen LogP contribution in [0.1, 0.15) is 155 Å². The number of carboxylic acids is 1. The summed E-state index contributed by atoms with van der Waals surface area (Å²) in [6.07, 6.45) is 31.9. The number of hydrogen-bond acceptors (Lipinski definition) is 3. The van der Waals surface area contributed by atoms with E-state index in [1.165, 1.54) is 57.8 Å². The number of esters is 1. The van der Waals surface area contributed by atoms with Crippen LogP contribution in [0.25, 0.3) is 0 Å². The maximum Gasteiger partial charge on any atom is 0.306 e. The molecular formula is C31H56O4. The van der Waals surface area contributed by atoms with Crippen molar-refractivity contribution in [3.8, 4) is 0 Å². The fourth-order valence-corrected chi connectivity index (χ4v) is 4.22. The van der Waals surface area contributed by atoms with Gasteiger partial charge in [0.25, 0.3) is 0 Å². The quantitative estimate of drug-likeness (QED) is 0.0741. The van der Waals surface area contributed by atoms with Crippen molar-refractivity contribution in [2.45, 2.75) is 161 Å². The molecule has 0 spiro atoms. The van der Waals surface area contributed by atoms with Gasteiger partial charge >= 0.3 is 11.9 Å². The minimum Gasteiger partial charge on any atom is -0.481 e. The van der Waals surface area contributed by atoms with Crippen molar-refractivity contribution in [2.75, 3.05) is 0 Å². The van der Waals surface area contributed by atoms with E-state index in [9.17, 15) is 9.59 Å². The van der Waals surface area contributed by atoms with Gasteiger partial charge in [-0.1, -0.05) is 102 Å². The van der Waals surface area contributed by atoms with Gasteiger partial charge < -0.3 is 9.84 Å². The summed E-state index contributed by atoms with van der Waals surface area (Å²) in [6.45, 7) is 4.42. The van der Waals surface area contributed by atoms with E-state index in [2.05, 4.69) is 38.2 Å². The van der Waals surface area contributed by atoms with Gasteiger partial charge in [0.1, 0.15) is 6.10 Å². The molecule has 0 heterocycles. The Morgan fingerprint density at radius 2 is 1.17 bits per heavy atom. The van der Waals surface area contributed by atoms with Crippen molar-refractivity contribution >= 4 is 11.9 Å². The maximum atomic E-state index is 12.4. The molecular weight excluding hydrogens is 436 g/mol. The first kappa shape index (κ1) is 33.4. The average molecular weight is 493 g/mol. The number of hydrogen-bond donors (Lipinski definition) is 1. The number of rotatable bonds is 26. The monoisotopic (exact) mass is 492 g/mol. The van der Waals surface area contributed by atoms with Crippen molar-refractivity contribution in [3.63, 3.8) is 0 Å². The highest BCUT2D eigenvalue weighted by Crippen LogP contribution is 2.18. The average Bonchev–Trinajstić information content (AvgIpc) is 2.83. The molecule has 0 bridgehead atoms. The van der Waals surface area contributed by atoms with Crippen molar-refractivity contribution in [3.05, 3.63) is 24.3 Å². The van der Waals surface area contributed by atoms with E-state index in [0.717, 1.165) is 70.6 Å². The van der Waals surface area contributed by atoms with Gasteiger partial charge in [-0.25, -0.2) is 0 Å². The van der Waals surface area contributed by atoms with Gasteiger partial charge in [0.05, 0.1) is 0 Å². The standard InChI is InChI=1S/C31H56O4/c1-3-5-7-9-10-11-12-13-14-15-16-18-24-28-31(34)35-29(25-21-17-8-6-4-2)26-22-19-20-23-27-30(32)33/h7,9,11-12,29H,3-6,8,10,13-28H2,1-2H3,(H,32,33)/b9-7-,12-11-. The zero-order chi connectivity index (χ0) is 25.8. The lowest BCUT2D eigenvalue weighted by atomic mass is 10.0. The molecule has 4 heteroatoms. The van der Waals surface area contributed by atoms with Crippen LogP contribution >= 0.6 is 0 Å². The molecule has 1 unspecified atom stereocenters. The highest BCUT2D eigenvalue weighted by molar-refractivity contribution is 5.69. The van der Waals surface area contributed by atoms with Gasteiger partial charge in [-0.3, -0.25) is 9.59 Å².